The minimum atomic E-state index is -0.536. The van der Waals surface area contributed by atoms with E-state index in [4.69, 9.17) is 19.9 Å². The molecule has 2 amide bonds. The molecule has 0 aliphatic carbocycles. The lowest BCUT2D eigenvalue weighted by atomic mass is 10.1. The highest BCUT2D eigenvalue weighted by molar-refractivity contribution is 6.21. The number of carbonyl (C=O) groups excluding carboxylic acids is 2. The van der Waals surface area contributed by atoms with Crippen molar-refractivity contribution in [1.82, 2.24) is 14.5 Å². The number of hydrogen-bond acceptors (Lipinski definition) is 9. The van der Waals surface area contributed by atoms with Crippen LogP contribution in [0.3, 0.4) is 0 Å². The Bertz CT molecular complexity index is 1180. The summed E-state index contributed by atoms with van der Waals surface area (Å²) < 4.78 is 17.8. The predicted octanol–water partition coefficient (Wildman–Crippen LogP) is 0.176. The van der Waals surface area contributed by atoms with E-state index in [2.05, 4.69) is 16.8 Å². The van der Waals surface area contributed by atoms with Crippen LogP contribution >= 0.6 is 0 Å². The van der Waals surface area contributed by atoms with E-state index in [0.29, 0.717) is 29.5 Å². The van der Waals surface area contributed by atoms with Gasteiger partial charge in [0.2, 0.25) is 0 Å². The maximum Gasteiger partial charge on any atom is 0.351 e. The maximum atomic E-state index is 12.3. The lowest BCUT2D eigenvalue weighted by molar-refractivity contribution is -0.0245. The van der Waals surface area contributed by atoms with Crippen LogP contribution in [-0.4, -0.2) is 77.1 Å². The molecule has 0 unspecified atom stereocenters. The molecule has 4 rings (SSSR count). The first-order chi connectivity index (χ1) is 17.0. The SMILES string of the molecule is Nc1nc(=O)n([C@H]2CC[C@@H](CO)O2)cc1C#CCOCCOCCN1C(=O)c2ccccc2C1=O. The van der Waals surface area contributed by atoms with Gasteiger partial charge in [0.05, 0.1) is 55.8 Å². The van der Waals surface area contributed by atoms with Crippen molar-refractivity contribution in [3.63, 3.8) is 0 Å². The van der Waals surface area contributed by atoms with E-state index < -0.39 is 11.9 Å². The van der Waals surface area contributed by atoms with Gasteiger partial charge in [-0.2, -0.15) is 4.98 Å². The number of rotatable bonds is 9. The van der Waals surface area contributed by atoms with Gasteiger partial charge in [-0.3, -0.25) is 19.1 Å². The molecule has 1 saturated heterocycles. The van der Waals surface area contributed by atoms with Crippen LogP contribution in [0.15, 0.2) is 35.3 Å². The number of aliphatic hydroxyl groups excluding tert-OH is 1. The molecule has 3 heterocycles. The second-order valence-corrected chi connectivity index (χ2v) is 7.98. The van der Waals surface area contributed by atoms with Gasteiger partial charge in [-0.25, -0.2) is 4.79 Å². The van der Waals surface area contributed by atoms with Crippen molar-refractivity contribution >= 4 is 17.6 Å². The quantitative estimate of drug-likeness (QED) is 0.290. The first-order valence-corrected chi connectivity index (χ1v) is 11.2. The average molecular weight is 482 g/mol. The molecule has 11 nitrogen and oxygen atoms in total. The highest BCUT2D eigenvalue weighted by Gasteiger charge is 2.34. The number of fused-ring (bicyclic) bond motifs is 1. The van der Waals surface area contributed by atoms with Crippen LogP contribution < -0.4 is 11.4 Å². The molecule has 1 aromatic carbocycles. The average Bonchev–Trinajstić information content (AvgIpc) is 3.43. The van der Waals surface area contributed by atoms with E-state index in [1.54, 1.807) is 24.3 Å². The summed E-state index contributed by atoms with van der Waals surface area (Å²) in [6, 6.07) is 6.73. The highest BCUT2D eigenvalue weighted by Crippen LogP contribution is 2.27. The van der Waals surface area contributed by atoms with E-state index in [1.807, 2.05) is 0 Å². The monoisotopic (exact) mass is 482 g/mol. The Balaban J connectivity index is 1.18. The first-order valence-electron chi connectivity index (χ1n) is 11.2. The van der Waals surface area contributed by atoms with E-state index in [9.17, 15) is 19.5 Å². The van der Waals surface area contributed by atoms with Gasteiger partial charge in [-0.15, -0.1) is 0 Å². The van der Waals surface area contributed by atoms with Gasteiger partial charge in [-0.1, -0.05) is 24.0 Å². The molecule has 0 spiro atoms. The molecule has 11 heteroatoms. The Morgan fingerprint density at radius 1 is 1.09 bits per heavy atom. The molecular weight excluding hydrogens is 456 g/mol. The van der Waals surface area contributed by atoms with Gasteiger partial charge < -0.3 is 25.1 Å². The fourth-order valence-electron chi connectivity index (χ4n) is 3.88. The van der Waals surface area contributed by atoms with Crippen LogP contribution in [0.2, 0.25) is 0 Å². The Morgan fingerprint density at radius 2 is 1.80 bits per heavy atom. The van der Waals surface area contributed by atoms with Crippen LogP contribution in [0.1, 0.15) is 45.3 Å². The Hall–Kier alpha value is -3.56. The Morgan fingerprint density at radius 3 is 2.49 bits per heavy atom. The predicted molar refractivity (Wildman–Crippen MR) is 123 cm³/mol. The third-order valence-electron chi connectivity index (χ3n) is 5.69. The van der Waals surface area contributed by atoms with Crippen molar-refractivity contribution in [3.05, 3.63) is 57.6 Å². The molecule has 2 aliphatic rings. The van der Waals surface area contributed by atoms with Crippen LogP contribution in [0.4, 0.5) is 5.82 Å². The molecule has 3 N–H and O–H groups in total. The summed E-state index contributed by atoms with van der Waals surface area (Å²) in [5, 5.41) is 9.22. The van der Waals surface area contributed by atoms with Crippen LogP contribution in [0, 0.1) is 11.8 Å². The maximum absolute atomic E-state index is 12.3. The molecular formula is C24H26N4O7. The number of amides is 2. The fraction of sp³-hybridized carbons (Fsp3) is 0.417. The van der Waals surface area contributed by atoms with Crippen molar-refractivity contribution in [2.75, 3.05) is 45.3 Å². The van der Waals surface area contributed by atoms with Gasteiger partial charge in [0.1, 0.15) is 18.7 Å². The Labute approximate surface area is 201 Å². The van der Waals surface area contributed by atoms with Gasteiger partial charge in [0, 0.05) is 6.20 Å². The summed E-state index contributed by atoms with van der Waals surface area (Å²) >= 11 is 0. The van der Waals surface area contributed by atoms with Crippen molar-refractivity contribution in [3.8, 4) is 11.8 Å². The standard InChI is InChI=1S/C24H26N4O7/c25-21-16(14-28(24(32)26-21)20-8-7-17(15-29)35-20)4-3-10-33-12-13-34-11-9-27-22(30)18-5-1-2-6-19(18)23(27)31/h1-2,5-6,14,17,20,29H,7-13,15H2,(H2,25,26,32)/t17-,20+/m0/s1. The summed E-state index contributed by atoms with van der Waals surface area (Å²) in [5.41, 5.74) is 6.48. The second-order valence-electron chi connectivity index (χ2n) is 7.98. The molecule has 0 radical (unpaired) electrons. The number of aromatic nitrogens is 2. The molecule has 2 aromatic rings. The number of nitrogen functional groups attached to an aromatic ring is 1. The minimum Gasteiger partial charge on any atom is -0.394 e. The zero-order valence-corrected chi connectivity index (χ0v) is 19.0. The number of benzene rings is 1. The van der Waals surface area contributed by atoms with Crippen molar-refractivity contribution in [2.24, 2.45) is 0 Å². The number of nitrogens with two attached hydrogens (primary N) is 1. The van der Waals surface area contributed by atoms with Gasteiger partial charge >= 0.3 is 5.69 Å². The number of anilines is 1. The van der Waals surface area contributed by atoms with Crippen LogP contribution in [0.25, 0.3) is 0 Å². The zero-order chi connectivity index (χ0) is 24.8. The van der Waals surface area contributed by atoms with Gasteiger partial charge in [-0.05, 0) is 25.0 Å². The van der Waals surface area contributed by atoms with Gasteiger partial charge in [0.25, 0.3) is 11.8 Å². The lowest BCUT2D eigenvalue weighted by Gasteiger charge is -2.15. The van der Waals surface area contributed by atoms with E-state index in [-0.39, 0.29) is 63.3 Å². The topological polar surface area (TPSA) is 146 Å². The minimum absolute atomic E-state index is 0.0203. The van der Waals surface area contributed by atoms with Crippen molar-refractivity contribution in [2.45, 2.75) is 25.2 Å². The number of carbonyl (C=O) groups is 2. The van der Waals surface area contributed by atoms with Gasteiger partial charge in [0.15, 0.2) is 0 Å². The van der Waals surface area contributed by atoms with Crippen molar-refractivity contribution < 1.29 is 28.9 Å². The second kappa shape index (κ2) is 11.2. The summed E-state index contributed by atoms with van der Waals surface area (Å²) in [7, 11) is 0. The lowest BCUT2D eigenvalue weighted by Crippen LogP contribution is -2.33. The van der Waals surface area contributed by atoms with Crippen LogP contribution in [-0.2, 0) is 14.2 Å². The number of hydrogen-bond donors (Lipinski definition) is 2. The van der Waals surface area contributed by atoms with E-state index in [1.165, 1.54) is 15.7 Å². The molecule has 2 atom stereocenters. The first kappa shape index (κ1) is 24.6. The summed E-state index contributed by atoms with van der Waals surface area (Å²) in [5.74, 6) is 5.05. The summed E-state index contributed by atoms with van der Waals surface area (Å²) in [6.45, 7) is 0.895. The zero-order valence-electron chi connectivity index (χ0n) is 19.0. The molecule has 0 bridgehead atoms. The number of aliphatic hydroxyl groups is 1. The van der Waals surface area contributed by atoms with E-state index in [0.717, 1.165) is 0 Å². The number of nitrogens with zero attached hydrogens (tertiary/aromatic N) is 3. The smallest absolute Gasteiger partial charge is 0.351 e. The van der Waals surface area contributed by atoms with E-state index >= 15 is 0 Å². The van der Waals surface area contributed by atoms with Crippen LogP contribution in [0.5, 0.6) is 0 Å². The molecule has 184 valence electrons. The number of ether oxygens (including phenoxy) is 3. The van der Waals surface area contributed by atoms with Crippen molar-refractivity contribution in [1.29, 1.82) is 0 Å². The molecule has 1 aromatic heterocycles. The summed E-state index contributed by atoms with van der Waals surface area (Å²) in [4.78, 5) is 41.7. The normalized spacial score (nSPS) is 19.1. The third kappa shape index (κ3) is 5.58. The fourth-order valence-corrected chi connectivity index (χ4v) is 3.88. The highest BCUT2D eigenvalue weighted by atomic mass is 16.5. The largest absolute Gasteiger partial charge is 0.394 e. The summed E-state index contributed by atoms with van der Waals surface area (Å²) in [6.07, 6.45) is 1.92. The Kier molecular flexibility index (Phi) is 7.89. The molecule has 1 fully saturated rings. The molecule has 0 saturated carbocycles. The molecule has 35 heavy (non-hydrogen) atoms. The molecule has 2 aliphatic heterocycles. The third-order valence-corrected chi connectivity index (χ3v) is 5.69. The number of imide groups is 1.